The van der Waals surface area contributed by atoms with Crippen LogP contribution in [-0.2, 0) is 0 Å². The maximum atomic E-state index is 6.15. The number of halogens is 1. The van der Waals surface area contributed by atoms with Gasteiger partial charge in [0.1, 0.15) is 0 Å². The molecule has 2 rings (SSSR count). The molecule has 0 aromatic heterocycles. The van der Waals surface area contributed by atoms with Crippen LogP contribution in [0.5, 0.6) is 0 Å². The van der Waals surface area contributed by atoms with E-state index in [1.54, 1.807) is 0 Å². The van der Waals surface area contributed by atoms with Gasteiger partial charge in [-0.3, -0.25) is 0 Å². The summed E-state index contributed by atoms with van der Waals surface area (Å²) in [5.74, 6) is 0.594. The molecule has 1 aromatic carbocycles. The van der Waals surface area contributed by atoms with Crippen molar-refractivity contribution in [2.45, 2.75) is 39.2 Å². The zero-order valence-electron chi connectivity index (χ0n) is 11.5. The standard InChI is InChI=1S/C15H23ClN2/c1-11-4-5-13(16)8-14(11)18-10-12(9-17)6-7-15(18,2)3/h4-5,8,12H,6-7,9-10,17H2,1-3H3. The van der Waals surface area contributed by atoms with Gasteiger partial charge in [-0.1, -0.05) is 17.7 Å². The van der Waals surface area contributed by atoms with Crippen molar-refractivity contribution in [2.24, 2.45) is 11.7 Å². The van der Waals surface area contributed by atoms with Crippen LogP contribution in [0.2, 0.25) is 5.02 Å². The van der Waals surface area contributed by atoms with Gasteiger partial charge in [0, 0.05) is 22.8 Å². The minimum Gasteiger partial charge on any atom is -0.366 e. The van der Waals surface area contributed by atoms with Crippen molar-refractivity contribution in [3.63, 3.8) is 0 Å². The van der Waals surface area contributed by atoms with E-state index in [1.165, 1.54) is 24.1 Å². The first-order valence-electron chi connectivity index (χ1n) is 6.68. The minimum atomic E-state index is 0.182. The summed E-state index contributed by atoms with van der Waals surface area (Å²) in [7, 11) is 0. The number of aryl methyl sites for hydroxylation is 1. The summed E-state index contributed by atoms with van der Waals surface area (Å²) in [4.78, 5) is 2.48. The molecule has 2 nitrogen and oxygen atoms in total. The van der Waals surface area contributed by atoms with Gasteiger partial charge in [0.25, 0.3) is 0 Å². The number of benzene rings is 1. The molecule has 1 heterocycles. The molecule has 0 aliphatic carbocycles. The van der Waals surface area contributed by atoms with Crippen LogP contribution >= 0.6 is 11.6 Å². The lowest BCUT2D eigenvalue weighted by molar-refractivity contribution is 0.294. The zero-order chi connectivity index (χ0) is 13.3. The first-order chi connectivity index (χ1) is 8.44. The van der Waals surface area contributed by atoms with Crippen LogP contribution in [0.1, 0.15) is 32.3 Å². The van der Waals surface area contributed by atoms with E-state index in [-0.39, 0.29) is 5.54 Å². The molecule has 0 spiro atoms. The summed E-state index contributed by atoms with van der Waals surface area (Å²) in [6.07, 6.45) is 2.40. The molecular weight excluding hydrogens is 244 g/mol. The second kappa shape index (κ2) is 5.10. The summed E-state index contributed by atoms with van der Waals surface area (Å²) in [6, 6.07) is 6.13. The fourth-order valence-electron chi connectivity index (χ4n) is 2.78. The Morgan fingerprint density at radius 3 is 2.83 bits per heavy atom. The highest BCUT2D eigenvalue weighted by Crippen LogP contribution is 2.37. The molecule has 0 amide bonds. The fourth-order valence-corrected chi connectivity index (χ4v) is 2.95. The third-order valence-corrected chi connectivity index (χ3v) is 4.37. The van der Waals surface area contributed by atoms with Gasteiger partial charge in [-0.05, 0) is 63.8 Å². The zero-order valence-corrected chi connectivity index (χ0v) is 12.3. The topological polar surface area (TPSA) is 29.3 Å². The van der Waals surface area contributed by atoms with Crippen LogP contribution in [0.15, 0.2) is 18.2 Å². The molecule has 1 fully saturated rings. The van der Waals surface area contributed by atoms with Gasteiger partial charge < -0.3 is 10.6 Å². The third-order valence-electron chi connectivity index (χ3n) is 4.13. The second-order valence-electron chi connectivity index (χ2n) is 5.99. The molecule has 1 aromatic rings. The van der Waals surface area contributed by atoms with Gasteiger partial charge in [0.15, 0.2) is 0 Å². The average molecular weight is 267 g/mol. The Morgan fingerprint density at radius 2 is 2.17 bits per heavy atom. The first-order valence-corrected chi connectivity index (χ1v) is 7.05. The van der Waals surface area contributed by atoms with Crippen molar-refractivity contribution >= 4 is 17.3 Å². The van der Waals surface area contributed by atoms with Crippen LogP contribution in [0, 0.1) is 12.8 Å². The molecule has 0 saturated carbocycles. The van der Waals surface area contributed by atoms with Gasteiger partial charge >= 0.3 is 0 Å². The third kappa shape index (κ3) is 2.65. The van der Waals surface area contributed by atoms with Gasteiger partial charge in [-0.2, -0.15) is 0 Å². The Hall–Kier alpha value is -0.730. The largest absolute Gasteiger partial charge is 0.366 e. The van der Waals surface area contributed by atoms with Crippen LogP contribution in [0.25, 0.3) is 0 Å². The molecule has 100 valence electrons. The van der Waals surface area contributed by atoms with Crippen LogP contribution in [-0.4, -0.2) is 18.6 Å². The van der Waals surface area contributed by atoms with Crippen LogP contribution in [0.3, 0.4) is 0 Å². The Labute approximate surface area is 115 Å². The van der Waals surface area contributed by atoms with Gasteiger partial charge in [0.05, 0.1) is 0 Å². The summed E-state index contributed by atoms with van der Waals surface area (Å²) >= 11 is 6.15. The van der Waals surface area contributed by atoms with Crippen LogP contribution in [0.4, 0.5) is 5.69 Å². The number of piperidine rings is 1. The van der Waals surface area contributed by atoms with E-state index in [0.717, 1.165) is 18.1 Å². The smallest absolute Gasteiger partial charge is 0.0426 e. The Morgan fingerprint density at radius 1 is 1.44 bits per heavy atom. The van der Waals surface area contributed by atoms with Crippen molar-refractivity contribution in [3.05, 3.63) is 28.8 Å². The van der Waals surface area contributed by atoms with Crippen molar-refractivity contribution in [3.8, 4) is 0 Å². The highest BCUT2D eigenvalue weighted by molar-refractivity contribution is 6.30. The number of rotatable bonds is 2. The fraction of sp³-hybridized carbons (Fsp3) is 0.600. The van der Waals surface area contributed by atoms with Crippen molar-refractivity contribution in [1.82, 2.24) is 0 Å². The van der Waals surface area contributed by atoms with E-state index in [1.807, 2.05) is 6.07 Å². The van der Waals surface area contributed by atoms with E-state index in [0.29, 0.717) is 5.92 Å². The summed E-state index contributed by atoms with van der Waals surface area (Å²) < 4.78 is 0. The number of nitrogens with two attached hydrogens (primary N) is 1. The molecule has 1 aliphatic heterocycles. The highest BCUT2D eigenvalue weighted by atomic mass is 35.5. The molecule has 18 heavy (non-hydrogen) atoms. The maximum absolute atomic E-state index is 6.15. The predicted molar refractivity (Wildman–Crippen MR) is 79.4 cm³/mol. The van der Waals surface area contributed by atoms with E-state index >= 15 is 0 Å². The quantitative estimate of drug-likeness (QED) is 0.886. The van der Waals surface area contributed by atoms with Gasteiger partial charge in [0.2, 0.25) is 0 Å². The first kappa shape index (κ1) is 13.7. The average Bonchev–Trinajstić information content (AvgIpc) is 2.32. The molecule has 1 unspecified atom stereocenters. The lowest BCUT2D eigenvalue weighted by atomic mass is 9.84. The second-order valence-corrected chi connectivity index (χ2v) is 6.43. The predicted octanol–water partition coefficient (Wildman–Crippen LogP) is 3.60. The molecule has 1 aliphatic rings. The molecule has 1 saturated heterocycles. The molecule has 0 radical (unpaired) electrons. The number of anilines is 1. The Balaban J connectivity index is 2.36. The van der Waals surface area contributed by atoms with Crippen molar-refractivity contribution in [2.75, 3.05) is 18.0 Å². The Bertz CT molecular complexity index is 429. The van der Waals surface area contributed by atoms with Crippen molar-refractivity contribution < 1.29 is 0 Å². The SMILES string of the molecule is Cc1ccc(Cl)cc1N1CC(CN)CCC1(C)C. The summed E-state index contributed by atoms with van der Waals surface area (Å²) in [6.45, 7) is 8.56. The maximum Gasteiger partial charge on any atom is 0.0426 e. The van der Waals surface area contributed by atoms with E-state index < -0.39 is 0 Å². The van der Waals surface area contributed by atoms with Crippen LogP contribution < -0.4 is 10.6 Å². The highest BCUT2D eigenvalue weighted by Gasteiger charge is 2.34. The summed E-state index contributed by atoms with van der Waals surface area (Å²) in [5.41, 5.74) is 8.57. The van der Waals surface area contributed by atoms with E-state index in [2.05, 4.69) is 37.8 Å². The normalized spacial score (nSPS) is 23.2. The number of hydrogen-bond acceptors (Lipinski definition) is 2. The monoisotopic (exact) mass is 266 g/mol. The van der Waals surface area contributed by atoms with Gasteiger partial charge in [-0.25, -0.2) is 0 Å². The molecule has 2 N–H and O–H groups in total. The van der Waals surface area contributed by atoms with E-state index in [4.69, 9.17) is 17.3 Å². The van der Waals surface area contributed by atoms with Crippen molar-refractivity contribution in [1.29, 1.82) is 0 Å². The van der Waals surface area contributed by atoms with E-state index in [9.17, 15) is 0 Å². The molecule has 1 atom stereocenters. The van der Waals surface area contributed by atoms with Gasteiger partial charge in [-0.15, -0.1) is 0 Å². The molecule has 3 heteroatoms. The Kier molecular flexibility index (Phi) is 3.88. The lowest BCUT2D eigenvalue weighted by Crippen LogP contribution is -2.52. The summed E-state index contributed by atoms with van der Waals surface area (Å²) in [5, 5.41) is 0.807. The lowest BCUT2D eigenvalue weighted by Gasteiger charge is -2.47. The number of hydrogen-bond donors (Lipinski definition) is 1. The molecule has 0 bridgehead atoms. The number of nitrogens with zero attached hydrogens (tertiary/aromatic N) is 1. The molecular formula is C15H23ClN2. The minimum absolute atomic E-state index is 0.182.